The summed E-state index contributed by atoms with van der Waals surface area (Å²) in [6.45, 7) is 2.40. The molecule has 3 heteroatoms. The molecule has 14 heavy (non-hydrogen) atoms. The van der Waals surface area contributed by atoms with Crippen molar-refractivity contribution < 1.29 is 9.47 Å². The molecule has 1 aromatic rings. The molecule has 1 aromatic carbocycles. The molecule has 0 aliphatic carbocycles. The molecule has 0 N–H and O–H groups in total. The highest BCUT2D eigenvalue weighted by Gasteiger charge is 2.02. The van der Waals surface area contributed by atoms with Crippen LogP contribution < -0.4 is 0 Å². The molecule has 0 saturated carbocycles. The van der Waals surface area contributed by atoms with Crippen LogP contribution >= 0.6 is 15.9 Å². The molecule has 0 fully saturated rings. The summed E-state index contributed by atoms with van der Waals surface area (Å²) in [4.78, 5) is 0. The smallest absolute Gasteiger partial charge is 0.146 e. The first-order chi connectivity index (χ1) is 6.72. The van der Waals surface area contributed by atoms with Crippen LogP contribution in [0.5, 0.6) is 0 Å². The summed E-state index contributed by atoms with van der Waals surface area (Å²) in [6.07, 6.45) is 1.10. The zero-order valence-corrected chi connectivity index (χ0v) is 10.1. The summed E-state index contributed by atoms with van der Waals surface area (Å²) in [5.41, 5.74) is 1.27. The Kier molecular flexibility index (Phi) is 5.15. The standard InChI is InChI=1S/C11H15BrO2/c1-9(14-8-13-2)7-10-3-5-11(12)6-4-10/h3-6,9H,7-8H2,1-2H3. The van der Waals surface area contributed by atoms with E-state index in [-0.39, 0.29) is 6.10 Å². The number of ether oxygens (including phenoxy) is 2. The van der Waals surface area contributed by atoms with Gasteiger partial charge in [-0.25, -0.2) is 0 Å². The van der Waals surface area contributed by atoms with Crippen LogP contribution in [0.25, 0.3) is 0 Å². The topological polar surface area (TPSA) is 18.5 Å². The fraction of sp³-hybridized carbons (Fsp3) is 0.455. The molecule has 0 aliphatic heterocycles. The number of rotatable bonds is 5. The van der Waals surface area contributed by atoms with Gasteiger partial charge in [0.05, 0.1) is 6.10 Å². The van der Waals surface area contributed by atoms with Crippen molar-refractivity contribution in [2.45, 2.75) is 19.4 Å². The quantitative estimate of drug-likeness (QED) is 0.757. The monoisotopic (exact) mass is 258 g/mol. The third-order valence-electron chi connectivity index (χ3n) is 1.91. The molecule has 1 atom stereocenters. The fourth-order valence-electron chi connectivity index (χ4n) is 1.20. The van der Waals surface area contributed by atoms with E-state index in [9.17, 15) is 0 Å². The highest BCUT2D eigenvalue weighted by molar-refractivity contribution is 9.10. The molecule has 0 saturated heterocycles. The summed E-state index contributed by atoms with van der Waals surface area (Å²) in [5.74, 6) is 0. The first-order valence-electron chi connectivity index (χ1n) is 4.57. The third kappa shape index (κ3) is 4.22. The van der Waals surface area contributed by atoms with Gasteiger partial charge in [-0.05, 0) is 31.0 Å². The number of benzene rings is 1. The maximum atomic E-state index is 5.39. The molecule has 78 valence electrons. The minimum absolute atomic E-state index is 0.191. The van der Waals surface area contributed by atoms with Gasteiger partial charge in [-0.15, -0.1) is 0 Å². The fourth-order valence-corrected chi connectivity index (χ4v) is 1.46. The Hall–Kier alpha value is -0.380. The van der Waals surface area contributed by atoms with Crippen molar-refractivity contribution in [2.75, 3.05) is 13.9 Å². The summed E-state index contributed by atoms with van der Waals surface area (Å²) in [6, 6.07) is 8.27. The maximum Gasteiger partial charge on any atom is 0.146 e. The lowest BCUT2D eigenvalue weighted by Crippen LogP contribution is -2.13. The zero-order valence-electron chi connectivity index (χ0n) is 8.50. The summed E-state index contributed by atoms with van der Waals surface area (Å²) in [7, 11) is 1.63. The van der Waals surface area contributed by atoms with Crippen LogP contribution in [0.3, 0.4) is 0 Å². The first kappa shape index (κ1) is 11.7. The average Bonchev–Trinajstić information content (AvgIpc) is 2.18. The van der Waals surface area contributed by atoms with E-state index in [2.05, 4.69) is 28.1 Å². The Labute approximate surface area is 93.4 Å². The second-order valence-corrected chi connectivity index (χ2v) is 4.13. The maximum absolute atomic E-state index is 5.39. The summed E-state index contributed by atoms with van der Waals surface area (Å²) in [5, 5.41) is 0. The van der Waals surface area contributed by atoms with E-state index in [4.69, 9.17) is 9.47 Å². The molecule has 1 rings (SSSR count). The lowest BCUT2D eigenvalue weighted by atomic mass is 10.1. The third-order valence-corrected chi connectivity index (χ3v) is 2.44. The van der Waals surface area contributed by atoms with Crippen LogP contribution in [0, 0.1) is 0 Å². The SMILES string of the molecule is COCOC(C)Cc1ccc(Br)cc1. The molecule has 0 spiro atoms. The van der Waals surface area contributed by atoms with Crippen LogP contribution in [0.2, 0.25) is 0 Å². The van der Waals surface area contributed by atoms with E-state index in [1.807, 2.05) is 19.1 Å². The van der Waals surface area contributed by atoms with Gasteiger partial charge in [0.1, 0.15) is 6.79 Å². The highest BCUT2D eigenvalue weighted by Crippen LogP contribution is 2.12. The molecule has 0 radical (unpaired) electrons. The second-order valence-electron chi connectivity index (χ2n) is 3.21. The van der Waals surface area contributed by atoms with Gasteiger partial charge >= 0.3 is 0 Å². The van der Waals surface area contributed by atoms with Crippen LogP contribution in [0.1, 0.15) is 12.5 Å². The average molecular weight is 259 g/mol. The van der Waals surface area contributed by atoms with Crippen LogP contribution in [-0.4, -0.2) is 20.0 Å². The molecular weight excluding hydrogens is 244 g/mol. The minimum atomic E-state index is 0.191. The lowest BCUT2D eigenvalue weighted by Gasteiger charge is -2.11. The van der Waals surface area contributed by atoms with Gasteiger partial charge < -0.3 is 9.47 Å². The number of hydrogen-bond acceptors (Lipinski definition) is 2. The zero-order chi connectivity index (χ0) is 10.4. The largest absolute Gasteiger partial charge is 0.359 e. The molecule has 0 aromatic heterocycles. The van der Waals surface area contributed by atoms with Crippen molar-refractivity contribution >= 4 is 15.9 Å². The Bertz CT molecular complexity index is 258. The van der Waals surface area contributed by atoms with E-state index in [1.165, 1.54) is 5.56 Å². The van der Waals surface area contributed by atoms with Crippen molar-refractivity contribution in [3.05, 3.63) is 34.3 Å². The molecule has 2 nitrogen and oxygen atoms in total. The van der Waals surface area contributed by atoms with Crippen molar-refractivity contribution in [2.24, 2.45) is 0 Å². The predicted octanol–water partition coefficient (Wildman–Crippen LogP) is 3.00. The van der Waals surface area contributed by atoms with Gasteiger partial charge in [0.15, 0.2) is 0 Å². The molecule has 0 bridgehead atoms. The number of halogens is 1. The van der Waals surface area contributed by atoms with E-state index in [1.54, 1.807) is 7.11 Å². The van der Waals surface area contributed by atoms with Crippen LogP contribution in [0.15, 0.2) is 28.7 Å². The molecule has 1 unspecified atom stereocenters. The molecular formula is C11H15BrO2. The highest BCUT2D eigenvalue weighted by atomic mass is 79.9. The van der Waals surface area contributed by atoms with E-state index in [0.717, 1.165) is 10.9 Å². The Morgan fingerprint density at radius 1 is 1.29 bits per heavy atom. The van der Waals surface area contributed by atoms with Gasteiger partial charge in [-0.3, -0.25) is 0 Å². The van der Waals surface area contributed by atoms with Crippen molar-refractivity contribution in [3.63, 3.8) is 0 Å². The number of methoxy groups -OCH3 is 1. The number of hydrogen-bond donors (Lipinski definition) is 0. The van der Waals surface area contributed by atoms with Gasteiger partial charge in [-0.2, -0.15) is 0 Å². The Morgan fingerprint density at radius 3 is 2.50 bits per heavy atom. The van der Waals surface area contributed by atoms with E-state index < -0.39 is 0 Å². The molecule has 0 amide bonds. The minimum Gasteiger partial charge on any atom is -0.359 e. The van der Waals surface area contributed by atoms with Crippen LogP contribution in [0.4, 0.5) is 0 Å². The van der Waals surface area contributed by atoms with E-state index >= 15 is 0 Å². The normalized spacial score (nSPS) is 12.8. The molecule has 0 heterocycles. The lowest BCUT2D eigenvalue weighted by molar-refractivity contribution is -0.0646. The first-order valence-corrected chi connectivity index (χ1v) is 5.36. The van der Waals surface area contributed by atoms with Gasteiger partial charge in [0.25, 0.3) is 0 Å². The summed E-state index contributed by atoms with van der Waals surface area (Å²) >= 11 is 3.40. The van der Waals surface area contributed by atoms with Gasteiger partial charge in [-0.1, -0.05) is 28.1 Å². The Morgan fingerprint density at radius 2 is 1.93 bits per heavy atom. The van der Waals surface area contributed by atoms with Gasteiger partial charge in [0, 0.05) is 11.6 Å². The second kappa shape index (κ2) is 6.17. The van der Waals surface area contributed by atoms with Crippen molar-refractivity contribution in [3.8, 4) is 0 Å². The molecule has 0 aliphatic rings. The Balaban J connectivity index is 2.39. The van der Waals surface area contributed by atoms with Crippen molar-refractivity contribution in [1.29, 1.82) is 0 Å². The van der Waals surface area contributed by atoms with Crippen LogP contribution in [-0.2, 0) is 15.9 Å². The summed E-state index contributed by atoms with van der Waals surface area (Å²) < 4.78 is 11.3. The van der Waals surface area contributed by atoms with Crippen molar-refractivity contribution in [1.82, 2.24) is 0 Å². The van der Waals surface area contributed by atoms with Gasteiger partial charge in [0.2, 0.25) is 0 Å². The predicted molar refractivity (Wildman–Crippen MR) is 60.3 cm³/mol. The van der Waals surface area contributed by atoms with E-state index in [0.29, 0.717) is 6.79 Å².